The van der Waals surface area contributed by atoms with E-state index in [0.29, 0.717) is 31.4 Å². The molecule has 188 valence electrons. The highest BCUT2D eigenvalue weighted by molar-refractivity contribution is 6.31. The van der Waals surface area contributed by atoms with Gasteiger partial charge in [-0.2, -0.15) is 0 Å². The summed E-state index contributed by atoms with van der Waals surface area (Å²) in [5.41, 5.74) is 2.71. The maximum absolute atomic E-state index is 11.5. The largest absolute Gasteiger partial charge is 0.378 e. The lowest BCUT2D eigenvalue weighted by Crippen LogP contribution is -2.44. The van der Waals surface area contributed by atoms with Crippen LogP contribution in [-0.4, -0.2) is 67.4 Å². The molecule has 0 bridgehead atoms. The standard InChI is InChI=1S/C12H18N2O2.C8H9Cl.C7H13NO/c1-4-5-12(11(3)16)14-7-6-13(9-15)8-10(14)2;1-2-7-5-3-4-6-8(7)9;1-2-3-7-6-9-5-4-8-7/h5,9H,2,4,6-8H2,1,3H3;3-6H,2H2,1H3;2-3,7-8H,4-6H2,1H3/b12-5-;;3-2+. The molecule has 1 aromatic rings. The Morgan fingerprint density at radius 2 is 2.03 bits per heavy atom. The molecule has 3 rings (SSSR count). The molecule has 0 aromatic heterocycles. The maximum Gasteiger partial charge on any atom is 0.210 e. The third-order valence-corrected chi connectivity index (χ3v) is 5.66. The van der Waals surface area contributed by atoms with Crippen molar-refractivity contribution in [3.8, 4) is 0 Å². The van der Waals surface area contributed by atoms with Crippen molar-refractivity contribution in [3.63, 3.8) is 0 Å². The van der Waals surface area contributed by atoms with E-state index in [-0.39, 0.29) is 5.78 Å². The van der Waals surface area contributed by atoms with Crippen molar-refractivity contribution in [3.05, 3.63) is 71.1 Å². The van der Waals surface area contributed by atoms with Crippen LogP contribution in [0.1, 0.15) is 39.7 Å². The Bertz CT molecular complexity index is 832. The highest BCUT2D eigenvalue weighted by Crippen LogP contribution is 2.18. The average Bonchev–Trinajstić information content (AvgIpc) is 2.84. The van der Waals surface area contributed by atoms with Crippen molar-refractivity contribution in [2.24, 2.45) is 0 Å². The molecule has 1 atom stereocenters. The number of hydrogen-bond donors (Lipinski definition) is 1. The number of nitrogens with zero attached hydrogens (tertiary/aromatic N) is 2. The van der Waals surface area contributed by atoms with Crippen LogP contribution < -0.4 is 5.32 Å². The summed E-state index contributed by atoms with van der Waals surface area (Å²) < 4.78 is 5.22. The maximum atomic E-state index is 11.5. The minimum absolute atomic E-state index is 0.0440. The van der Waals surface area contributed by atoms with Gasteiger partial charge in [0.25, 0.3) is 0 Å². The Morgan fingerprint density at radius 1 is 1.29 bits per heavy atom. The van der Waals surface area contributed by atoms with Gasteiger partial charge < -0.3 is 19.9 Å². The molecule has 1 aromatic carbocycles. The van der Waals surface area contributed by atoms with E-state index in [4.69, 9.17) is 16.3 Å². The zero-order chi connectivity index (χ0) is 25.3. The van der Waals surface area contributed by atoms with E-state index in [2.05, 4.69) is 24.9 Å². The lowest BCUT2D eigenvalue weighted by atomic mass is 10.2. The number of ether oxygens (including phenoxy) is 1. The molecule has 7 heteroatoms. The first-order chi connectivity index (χ1) is 16.4. The predicted octanol–water partition coefficient (Wildman–Crippen LogP) is 4.61. The molecule has 1 unspecified atom stereocenters. The number of nitrogens with one attached hydrogen (secondary N) is 1. The summed E-state index contributed by atoms with van der Waals surface area (Å²) in [4.78, 5) is 25.7. The molecular formula is C27H40ClN3O3. The summed E-state index contributed by atoms with van der Waals surface area (Å²) in [6.45, 7) is 16.0. The molecule has 6 nitrogen and oxygen atoms in total. The number of halogens is 1. The Hall–Kier alpha value is -2.41. The predicted molar refractivity (Wildman–Crippen MR) is 141 cm³/mol. The number of ketones is 1. The van der Waals surface area contributed by atoms with Gasteiger partial charge in [-0.25, -0.2) is 0 Å². The molecule has 0 saturated carbocycles. The average molecular weight is 490 g/mol. The second-order valence-corrected chi connectivity index (χ2v) is 8.36. The zero-order valence-electron chi connectivity index (χ0n) is 21.1. The first kappa shape index (κ1) is 29.6. The van der Waals surface area contributed by atoms with Gasteiger partial charge in [0.2, 0.25) is 6.41 Å². The van der Waals surface area contributed by atoms with Gasteiger partial charge in [0.1, 0.15) is 0 Å². The number of amides is 1. The monoisotopic (exact) mass is 489 g/mol. The van der Waals surface area contributed by atoms with Gasteiger partial charge >= 0.3 is 0 Å². The molecule has 2 saturated heterocycles. The van der Waals surface area contributed by atoms with Gasteiger partial charge in [-0.05, 0) is 31.4 Å². The Labute approximate surface area is 210 Å². The van der Waals surface area contributed by atoms with Crippen molar-refractivity contribution in [1.29, 1.82) is 0 Å². The van der Waals surface area contributed by atoms with E-state index < -0.39 is 0 Å². The topological polar surface area (TPSA) is 61.9 Å². The first-order valence-corrected chi connectivity index (χ1v) is 12.3. The fourth-order valence-electron chi connectivity index (χ4n) is 3.53. The number of carbonyl (C=O) groups excluding carboxylic acids is 2. The third kappa shape index (κ3) is 10.7. The number of piperazine rings is 1. The van der Waals surface area contributed by atoms with E-state index in [1.54, 1.807) is 11.8 Å². The van der Waals surface area contributed by atoms with Crippen molar-refractivity contribution in [2.45, 2.75) is 46.6 Å². The van der Waals surface area contributed by atoms with Crippen LogP contribution in [0.3, 0.4) is 0 Å². The van der Waals surface area contributed by atoms with Crippen molar-refractivity contribution >= 4 is 23.8 Å². The summed E-state index contributed by atoms with van der Waals surface area (Å²) in [6.07, 6.45) is 8.73. The first-order valence-electron chi connectivity index (χ1n) is 11.9. The fourth-order valence-corrected chi connectivity index (χ4v) is 3.80. The van der Waals surface area contributed by atoms with Crippen molar-refractivity contribution < 1.29 is 14.3 Å². The van der Waals surface area contributed by atoms with E-state index in [1.165, 1.54) is 5.56 Å². The fraction of sp³-hybridized carbons (Fsp3) is 0.481. The molecule has 0 radical (unpaired) electrons. The summed E-state index contributed by atoms with van der Waals surface area (Å²) in [5.74, 6) is 0.0440. The summed E-state index contributed by atoms with van der Waals surface area (Å²) in [7, 11) is 0. The highest BCUT2D eigenvalue weighted by Gasteiger charge is 2.22. The normalized spacial score (nSPS) is 18.6. The molecule has 34 heavy (non-hydrogen) atoms. The molecular weight excluding hydrogens is 450 g/mol. The molecule has 1 amide bonds. The van der Waals surface area contributed by atoms with Gasteiger partial charge in [0.05, 0.1) is 25.5 Å². The van der Waals surface area contributed by atoms with Crippen LogP contribution in [0.25, 0.3) is 0 Å². The molecule has 2 heterocycles. The number of hydrogen-bond acceptors (Lipinski definition) is 5. The minimum Gasteiger partial charge on any atom is -0.378 e. The number of morpholine rings is 1. The summed E-state index contributed by atoms with van der Waals surface area (Å²) >= 11 is 5.82. The van der Waals surface area contributed by atoms with E-state index in [0.717, 1.165) is 49.7 Å². The summed E-state index contributed by atoms with van der Waals surface area (Å²) in [5, 5.41) is 4.18. The lowest BCUT2D eigenvalue weighted by Gasteiger charge is -2.36. The number of allylic oxidation sites excluding steroid dienone is 3. The van der Waals surface area contributed by atoms with E-state index >= 15 is 0 Å². The second-order valence-electron chi connectivity index (χ2n) is 7.95. The molecule has 1 N–H and O–H groups in total. The Kier molecular flexibility index (Phi) is 14.9. The third-order valence-electron chi connectivity index (χ3n) is 5.29. The molecule has 0 spiro atoms. The van der Waals surface area contributed by atoms with E-state index in [1.807, 2.05) is 55.2 Å². The Balaban J connectivity index is 0.000000274. The molecule has 2 aliphatic heterocycles. The second kappa shape index (κ2) is 17.1. The Morgan fingerprint density at radius 3 is 2.50 bits per heavy atom. The zero-order valence-corrected chi connectivity index (χ0v) is 21.8. The molecule has 0 aliphatic carbocycles. The van der Waals surface area contributed by atoms with Gasteiger partial charge in [-0.1, -0.05) is 68.5 Å². The van der Waals surface area contributed by atoms with Crippen molar-refractivity contribution in [1.82, 2.24) is 15.1 Å². The smallest absolute Gasteiger partial charge is 0.210 e. The minimum atomic E-state index is 0.0440. The number of aryl methyl sites for hydroxylation is 1. The van der Waals surface area contributed by atoms with Gasteiger partial charge in [0.15, 0.2) is 5.78 Å². The van der Waals surface area contributed by atoms with E-state index in [9.17, 15) is 9.59 Å². The number of rotatable bonds is 6. The number of carbonyl (C=O) groups is 2. The van der Waals surface area contributed by atoms with Crippen LogP contribution in [-0.2, 0) is 20.7 Å². The molecule has 2 fully saturated rings. The summed E-state index contributed by atoms with van der Waals surface area (Å²) in [6, 6.07) is 8.36. The van der Waals surface area contributed by atoms with Crippen LogP contribution in [0.5, 0.6) is 0 Å². The van der Waals surface area contributed by atoms with Crippen LogP contribution in [0, 0.1) is 0 Å². The highest BCUT2D eigenvalue weighted by atomic mass is 35.5. The van der Waals surface area contributed by atoms with Crippen LogP contribution in [0.4, 0.5) is 0 Å². The van der Waals surface area contributed by atoms with Crippen LogP contribution in [0.15, 0.2) is 60.5 Å². The number of Topliss-reactive ketones (excluding diaryl/α,β-unsaturated/α-hetero) is 1. The molecule has 2 aliphatic rings. The quantitative estimate of drug-likeness (QED) is 0.359. The van der Waals surface area contributed by atoms with Gasteiger partial charge in [-0.15, -0.1) is 0 Å². The van der Waals surface area contributed by atoms with Gasteiger partial charge in [0, 0.05) is 43.3 Å². The lowest BCUT2D eigenvalue weighted by molar-refractivity contribution is -0.118. The van der Waals surface area contributed by atoms with Crippen LogP contribution >= 0.6 is 11.6 Å². The van der Waals surface area contributed by atoms with Gasteiger partial charge in [-0.3, -0.25) is 9.59 Å². The SMILES string of the molecule is C/C=C/C1COCCN1.C=C1CN(C=O)CCN1/C(=C\CC)C(C)=O.CCc1ccccc1Cl. The number of benzene rings is 1. The van der Waals surface area contributed by atoms with Crippen LogP contribution in [0.2, 0.25) is 5.02 Å². The van der Waals surface area contributed by atoms with Crippen molar-refractivity contribution in [2.75, 3.05) is 39.4 Å².